The zero-order valence-electron chi connectivity index (χ0n) is 9.96. The Bertz CT molecular complexity index is 404. The van der Waals surface area contributed by atoms with Crippen LogP contribution in [-0.2, 0) is 4.79 Å². The van der Waals surface area contributed by atoms with Crippen molar-refractivity contribution in [3.05, 3.63) is 16.1 Å². The van der Waals surface area contributed by atoms with E-state index in [-0.39, 0.29) is 18.2 Å². The van der Waals surface area contributed by atoms with Crippen molar-refractivity contribution in [3.63, 3.8) is 0 Å². The molecule has 1 aromatic heterocycles. The highest BCUT2D eigenvalue weighted by Crippen LogP contribution is 2.13. The van der Waals surface area contributed by atoms with Gasteiger partial charge in [0.25, 0.3) is 5.91 Å². The van der Waals surface area contributed by atoms with Gasteiger partial charge in [0, 0.05) is 10.8 Å². The molecule has 0 radical (unpaired) electrons. The van der Waals surface area contributed by atoms with Gasteiger partial charge in [0.05, 0.1) is 11.6 Å². The van der Waals surface area contributed by atoms with Gasteiger partial charge in [-0.25, -0.2) is 4.98 Å². The summed E-state index contributed by atoms with van der Waals surface area (Å²) in [5, 5.41) is 5.10. The minimum atomic E-state index is -0.425. The van der Waals surface area contributed by atoms with Gasteiger partial charge in [-0.3, -0.25) is 9.59 Å². The van der Waals surface area contributed by atoms with Gasteiger partial charge in [-0.15, -0.1) is 11.3 Å². The molecule has 0 aliphatic carbocycles. The average Bonchev–Trinajstić information content (AvgIpc) is 2.59. The number of nitrogens with one attached hydrogen (secondary N) is 1. The Morgan fingerprint density at radius 2 is 2.06 bits per heavy atom. The Labute approximate surface area is 99.1 Å². The quantitative estimate of drug-likeness (QED) is 0.876. The Balaban J connectivity index is 2.51. The van der Waals surface area contributed by atoms with Crippen LogP contribution in [0.25, 0.3) is 0 Å². The van der Waals surface area contributed by atoms with Gasteiger partial charge in [0.2, 0.25) is 0 Å². The van der Waals surface area contributed by atoms with Crippen LogP contribution in [0, 0.1) is 12.3 Å². The molecule has 0 saturated heterocycles. The lowest BCUT2D eigenvalue weighted by Gasteiger charge is -2.16. The highest BCUT2D eigenvalue weighted by atomic mass is 32.1. The molecule has 4 nitrogen and oxygen atoms in total. The maximum absolute atomic E-state index is 11.6. The van der Waals surface area contributed by atoms with E-state index in [9.17, 15) is 9.59 Å². The van der Waals surface area contributed by atoms with Crippen molar-refractivity contribution in [2.75, 3.05) is 6.54 Å². The Morgan fingerprint density at radius 3 is 2.50 bits per heavy atom. The van der Waals surface area contributed by atoms with E-state index >= 15 is 0 Å². The number of aryl methyl sites for hydroxylation is 1. The van der Waals surface area contributed by atoms with E-state index < -0.39 is 5.41 Å². The summed E-state index contributed by atoms with van der Waals surface area (Å²) in [5.41, 5.74) is -0.0464. The highest BCUT2D eigenvalue weighted by molar-refractivity contribution is 7.09. The first-order valence-corrected chi connectivity index (χ1v) is 5.92. The van der Waals surface area contributed by atoms with Crippen molar-refractivity contribution in [2.45, 2.75) is 27.7 Å². The van der Waals surface area contributed by atoms with Crippen molar-refractivity contribution >= 4 is 23.0 Å². The molecular weight excluding hydrogens is 224 g/mol. The van der Waals surface area contributed by atoms with Crippen LogP contribution in [-0.4, -0.2) is 23.2 Å². The minimum Gasteiger partial charge on any atom is -0.344 e. The molecule has 1 aromatic rings. The first kappa shape index (κ1) is 12.8. The van der Waals surface area contributed by atoms with Crippen molar-refractivity contribution in [1.29, 1.82) is 0 Å². The van der Waals surface area contributed by atoms with Gasteiger partial charge >= 0.3 is 0 Å². The molecule has 1 heterocycles. The smallest absolute Gasteiger partial charge is 0.271 e. The van der Waals surface area contributed by atoms with Crippen LogP contribution >= 0.6 is 11.3 Å². The van der Waals surface area contributed by atoms with Gasteiger partial charge in [0.15, 0.2) is 5.78 Å². The molecule has 0 aromatic carbocycles. The van der Waals surface area contributed by atoms with Crippen LogP contribution < -0.4 is 5.32 Å². The van der Waals surface area contributed by atoms with E-state index in [0.29, 0.717) is 5.69 Å². The minimum absolute atomic E-state index is 0.00722. The molecule has 0 fully saturated rings. The summed E-state index contributed by atoms with van der Waals surface area (Å²) < 4.78 is 0. The Kier molecular flexibility index (Phi) is 3.80. The number of thiazole rings is 1. The fraction of sp³-hybridized carbons (Fsp3) is 0.545. The van der Waals surface area contributed by atoms with E-state index in [4.69, 9.17) is 0 Å². The molecule has 1 rings (SSSR count). The van der Waals surface area contributed by atoms with Gasteiger partial charge in [-0.1, -0.05) is 20.8 Å². The maximum atomic E-state index is 11.6. The number of aromatic nitrogens is 1. The van der Waals surface area contributed by atoms with Crippen molar-refractivity contribution in [1.82, 2.24) is 10.3 Å². The molecule has 0 aliphatic heterocycles. The Morgan fingerprint density at radius 1 is 1.44 bits per heavy atom. The number of amides is 1. The maximum Gasteiger partial charge on any atom is 0.271 e. The largest absolute Gasteiger partial charge is 0.344 e. The zero-order valence-corrected chi connectivity index (χ0v) is 10.8. The van der Waals surface area contributed by atoms with Crippen LogP contribution in [0.3, 0.4) is 0 Å². The lowest BCUT2D eigenvalue weighted by molar-refractivity contribution is -0.125. The number of Topliss-reactive ketones (excluding diaryl/α,β-unsaturated/α-hetero) is 1. The lowest BCUT2D eigenvalue weighted by atomic mass is 9.91. The summed E-state index contributed by atoms with van der Waals surface area (Å²) in [6.45, 7) is 7.37. The zero-order chi connectivity index (χ0) is 12.3. The summed E-state index contributed by atoms with van der Waals surface area (Å²) in [5.74, 6) is -0.283. The van der Waals surface area contributed by atoms with Gasteiger partial charge in [-0.05, 0) is 6.92 Å². The van der Waals surface area contributed by atoms with Crippen LogP contribution in [0.5, 0.6) is 0 Å². The standard InChI is InChI=1S/C11H16N2O2S/c1-7-13-8(6-16-7)10(15)12-5-9(14)11(2,3)4/h6H,5H2,1-4H3,(H,12,15). The fourth-order valence-corrected chi connectivity index (χ4v) is 1.58. The average molecular weight is 240 g/mol. The van der Waals surface area contributed by atoms with Crippen LogP contribution in [0.15, 0.2) is 5.38 Å². The van der Waals surface area contributed by atoms with E-state index in [1.54, 1.807) is 5.38 Å². The van der Waals surface area contributed by atoms with E-state index in [0.717, 1.165) is 5.01 Å². The molecule has 0 saturated carbocycles. The normalized spacial score (nSPS) is 11.2. The van der Waals surface area contributed by atoms with E-state index in [1.165, 1.54) is 11.3 Å². The first-order chi connectivity index (χ1) is 7.30. The third-order valence-electron chi connectivity index (χ3n) is 2.10. The van der Waals surface area contributed by atoms with Gasteiger partial charge in [-0.2, -0.15) is 0 Å². The second-order valence-corrected chi connectivity index (χ2v) is 5.67. The highest BCUT2D eigenvalue weighted by Gasteiger charge is 2.21. The molecule has 0 atom stereocenters. The Hall–Kier alpha value is -1.23. The third kappa shape index (κ3) is 3.41. The first-order valence-electron chi connectivity index (χ1n) is 5.04. The molecule has 0 aliphatic rings. The van der Waals surface area contributed by atoms with Crippen molar-refractivity contribution in [2.24, 2.45) is 5.41 Å². The second-order valence-electron chi connectivity index (χ2n) is 4.61. The number of rotatable bonds is 3. The molecule has 1 N–H and O–H groups in total. The van der Waals surface area contributed by atoms with Crippen molar-refractivity contribution < 1.29 is 9.59 Å². The van der Waals surface area contributed by atoms with Gasteiger partial charge in [0.1, 0.15) is 5.69 Å². The van der Waals surface area contributed by atoms with E-state index in [1.807, 2.05) is 27.7 Å². The molecule has 16 heavy (non-hydrogen) atoms. The molecule has 88 valence electrons. The summed E-state index contributed by atoms with van der Waals surface area (Å²) in [6, 6.07) is 0. The number of carbonyl (C=O) groups excluding carboxylic acids is 2. The van der Waals surface area contributed by atoms with Crippen LogP contribution in [0.2, 0.25) is 0 Å². The number of hydrogen-bond acceptors (Lipinski definition) is 4. The number of hydrogen-bond donors (Lipinski definition) is 1. The second kappa shape index (κ2) is 4.74. The summed E-state index contributed by atoms with van der Waals surface area (Å²) >= 11 is 1.42. The lowest BCUT2D eigenvalue weighted by Crippen LogP contribution is -2.35. The predicted octanol–water partition coefficient (Wildman–Crippen LogP) is 1.80. The van der Waals surface area contributed by atoms with Crippen molar-refractivity contribution in [3.8, 4) is 0 Å². The SMILES string of the molecule is Cc1nc(C(=O)NCC(=O)C(C)(C)C)cs1. The molecule has 1 amide bonds. The molecule has 0 spiro atoms. The predicted molar refractivity (Wildman–Crippen MR) is 63.6 cm³/mol. The van der Waals surface area contributed by atoms with Crippen LogP contribution in [0.1, 0.15) is 36.3 Å². The molecule has 5 heteroatoms. The monoisotopic (exact) mass is 240 g/mol. The topological polar surface area (TPSA) is 59.1 Å². The van der Waals surface area contributed by atoms with E-state index in [2.05, 4.69) is 10.3 Å². The molecular formula is C11H16N2O2S. The summed E-state index contributed by atoms with van der Waals surface area (Å²) in [4.78, 5) is 27.2. The molecule has 0 unspecified atom stereocenters. The third-order valence-corrected chi connectivity index (χ3v) is 2.87. The summed E-state index contributed by atoms with van der Waals surface area (Å²) in [7, 11) is 0. The van der Waals surface area contributed by atoms with Gasteiger partial charge < -0.3 is 5.32 Å². The number of ketones is 1. The number of carbonyl (C=O) groups is 2. The fourth-order valence-electron chi connectivity index (χ4n) is 0.984. The van der Waals surface area contributed by atoms with Crippen LogP contribution in [0.4, 0.5) is 0 Å². The molecule has 0 bridgehead atoms. The number of nitrogens with zero attached hydrogens (tertiary/aromatic N) is 1. The summed E-state index contributed by atoms with van der Waals surface area (Å²) in [6.07, 6.45) is 0.